The van der Waals surface area contributed by atoms with Gasteiger partial charge in [-0.25, -0.2) is 0 Å². The van der Waals surface area contributed by atoms with E-state index in [0.717, 1.165) is 18.4 Å². The van der Waals surface area contributed by atoms with E-state index < -0.39 is 18.6 Å². The highest BCUT2D eigenvalue weighted by Gasteiger charge is 2.33. The average Bonchev–Trinajstić information content (AvgIpc) is 2.23. The van der Waals surface area contributed by atoms with Crippen LogP contribution in [-0.4, -0.2) is 17.0 Å². The van der Waals surface area contributed by atoms with Gasteiger partial charge in [-0.15, -0.1) is 0 Å². The van der Waals surface area contributed by atoms with Crippen LogP contribution in [0.25, 0.3) is 0 Å². The molecule has 1 atom stereocenters. The molecule has 0 fully saturated rings. The van der Waals surface area contributed by atoms with E-state index >= 15 is 0 Å². The molecule has 0 aromatic rings. The molecule has 5 heteroatoms. The largest absolute Gasteiger partial charge is 0.390 e. The van der Waals surface area contributed by atoms with Crippen molar-refractivity contribution in [2.45, 2.75) is 57.0 Å². The summed E-state index contributed by atoms with van der Waals surface area (Å²) in [6, 6.07) is -0.661. The highest BCUT2D eigenvalue weighted by molar-refractivity contribution is 7.98. The van der Waals surface area contributed by atoms with Crippen molar-refractivity contribution in [1.82, 2.24) is 4.72 Å². The quantitative estimate of drug-likeness (QED) is 0.754. The van der Waals surface area contributed by atoms with Gasteiger partial charge in [0.15, 0.2) is 0 Å². The van der Waals surface area contributed by atoms with E-state index in [1.165, 1.54) is 11.9 Å². The van der Waals surface area contributed by atoms with E-state index in [1.54, 1.807) is 6.08 Å². The van der Waals surface area contributed by atoms with Gasteiger partial charge in [-0.1, -0.05) is 30.2 Å². The summed E-state index contributed by atoms with van der Waals surface area (Å²) in [4.78, 5) is 0. The van der Waals surface area contributed by atoms with E-state index in [9.17, 15) is 13.2 Å². The van der Waals surface area contributed by atoms with Gasteiger partial charge in [0.1, 0.15) is 0 Å². The first-order valence-corrected chi connectivity index (χ1v) is 6.86. The number of rotatable bonds is 4. The number of alkyl halides is 3. The zero-order chi connectivity index (χ0) is 13.8. The van der Waals surface area contributed by atoms with Crippen molar-refractivity contribution >= 4 is 11.9 Å². The lowest BCUT2D eigenvalue weighted by Crippen LogP contribution is -2.33. The van der Waals surface area contributed by atoms with Gasteiger partial charge in [0, 0.05) is 4.75 Å². The van der Waals surface area contributed by atoms with Gasteiger partial charge in [0.25, 0.3) is 0 Å². The van der Waals surface area contributed by atoms with Gasteiger partial charge in [-0.05, 0) is 39.2 Å². The SMILES string of the molecule is CC(C)(C)SNC(CC(F)(F)F)C1=CCCC=C1. The van der Waals surface area contributed by atoms with E-state index in [4.69, 9.17) is 0 Å². The molecule has 1 N–H and O–H groups in total. The fourth-order valence-electron chi connectivity index (χ4n) is 1.60. The van der Waals surface area contributed by atoms with Crippen molar-refractivity contribution in [2.75, 3.05) is 0 Å². The van der Waals surface area contributed by atoms with Crippen molar-refractivity contribution in [3.05, 3.63) is 23.8 Å². The van der Waals surface area contributed by atoms with Gasteiger partial charge < -0.3 is 0 Å². The Morgan fingerprint density at radius 3 is 2.39 bits per heavy atom. The maximum Gasteiger partial charge on any atom is 0.390 e. The van der Waals surface area contributed by atoms with Crippen LogP contribution in [0, 0.1) is 0 Å². The maximum atomic E-state index is 12.6. The minimum absolute atomic E-state index is 0.108. The zero-order valence-electron chi connectivity index (χ0n) is 11.0. The third-order valence-electron chi connectivity index (χ3n) is 2.37. The van der Waals surface area contributed by atoms with Crippen molar-refractivity contribution in [3.8, 4) is 0 Å². The smallest absolute Gasteiger partial charge is 0.256 e. The molecule has 0 heterocycles. The Balaban J connectivity index is 2.69. The molecular formula is C13H20F3NS. The van der Waals surface area contributed by atoms with Gasteiger partial charge in [-0.2, -0.15) is 13.2 Å². The summed E-state index contributed by atoms with van der Waals surface area (Å²) in [7, 11) is 0. The normalized spacial score (nSPS) is 18.7. The summed E-state index contributed by atoms with van der Waals surface area (Å²) in [6.07, 6.45) is 2.39. The third kappa shape index (κ3) is 6.50. The highest BCUT2D eigenvalue weighted by atomic mass is 32.2. The molecule has 1 aliphatic rings. The lowest BCUT2D eigenvalue weighted by Gasteiger charge is -2.26. The molecule has 1 nitrogen and oxygen atoms in total. The molecule has 18 heavy (non-hydrogen) atoms. The minimum Gasteiger partial charge on any atom is -0.256 e. The molecule has 0 aliphatic heterocycles. The Bertz CT molecular complexity index is 326. The zero-order valence-corrected chi connectivity index (χ0v) is 11.8. The summed E-state index contributed by atoms with van der Waals surface area (Å²) in [5.41, 5.74) is 0.746. The molecular weight excluding hydrogens is 259 g/mol. The number of allylic oxidation sites excluding steroid dienone is 2. The van der Waals surface area contributed by atoms with Crippen LogP contribution in [0.3, 0.4) is 0 Å². The lowest BCUT2D eigenvalue weighted by molar-refractivity contribution is -0.136. The molecule has 1 aliphatic carbocycles. The van der Waals surface area contributed by atoms with Crippen LogP contribution in [0.5, 0.6) is 0 Å². The second kappa shape index (κ2) is 6.15. The van der Waals surface area contributed by atoms with Crippen LogP contribution in [-0.2, 0) is 0 Å². The van der Waals surface area contributed by atoms with Crippen molar-refractivity contribution in [3.63, 3.8) is 0 Å². The molecule has 0 bridgehead atoms. The van der Waals surface area contributed by atoms with Crippen LogP contribution >= 0.6 is 11.9 Å². The van der Waals surface area contributed by atoms with Crippen molar-refractivity contribution in [1.29, 1.82) is 0 Å². The summed E-state index contributed by atoms with van der Waals surface area (Å²) < 4.78 is 40.6. The minimum atomic E-state index is -4.15. The molecule has 0 saturated heterocycles. The Morgan fingerprint density at radius 1 is 1.28 bits per heavy atom. The van der Waals surface area contributed by atoms with E-state index in [0.29, 0.717) is 0 Å². The van der Waals surface area contributed by atoms with Gasteiger partial charge in [-0.3, -0.25) is 4.72 Å². The molecule has 1 rings (SSSR count). The Kier molecular flexibility index (Phi) is 5.34. The molecule has 0 saturated carbocycles. The Morgan fingerprint density at radius 2 is 1.94 bits per heavy atom. The van der Waals surface area contributed by atoms with Crippen LogP contribution in [0.4, 0.5) is 13.2 Å². The maximum absolute atomic E-state index is 12.6. The second-order valence-corrected chi connectivity index (χ2v) is 7.05. The molecule has 0 spiro atoms. The van der Waals surface area contributed by atoms with Gasteiger partial charge in [0.05, 0.1) is 12.5 Å². The molecule has 0 aromatic carbocycles. The first-order valence-electron chi connectivity index (χ1n) is 6.04. The predicted octanol–water partition coefficient (Wildman–Crippen LogP) is 4.62. The van der Waals surface area contributed by atoms with Crippen molar-refractivity contribution in [2.24, 2.45) is 0 Å². The predicted molar refractivity (Wildman–Crippen MR) is 71.4 cm³/mol. The fraction of sp³-hybridized carbons (Fsp3) is 0.692. The van der Waals surface area contributed by atoms with E-state index in [-0.39, 0.29) is 4.75 Å². The van der Waals surface area contributed by atoms with E-state index in [2.05, 4.69) is 4.72 Å². The Labute approximate surface area is 111 Å². The number of hydrogen-bond acceptors (Lipinski definition) is 2. The molecule has 0 amide bonds. The number of hydrogen-bond donors (Lipinski definition) is 1. The van der Waals surface area contributed by atoms with Crippen LogP contribution in [0.15, 0.2) is 23.8 Å². The summed E-state index contributed by atoms with van der Waals surface area (Å²) in [6.45, 7) is 5.92. The van der Waals surface area contributed by atoms with Crippen LogP contribution < -0.4 is 4.72 Å². The van der Waals surface area contributed by atoms with Crippen molar-refractivity contribution < 1.29 is 13.2 Å². The standard InChI is InChI=1S/C13H20F3NS/c1-12(2,3)18-17-11(9-13(14,15)16)10-7-5-4-6-8-10/h5,7-8,11,17H,4,6,9H2,1-3H3. The van der Waals surface area contributed by atoms with Gasteiger partial charge >= 0.3 is 6.18 Å². The molecule has 1 unspecified atom stereocenters. The second-order valence-electron chi connectivity index (χ2n) is 5.39. The molecule has 0 radical (unpaired) electrons. The highest BCUT2D eigenvalue weighted by Crippen LogP contribution is 2.30. The fourth-order valence-corrected chi connectivity index (χ4v) is 2.31. The van der Waals surface area contributed by atoms with Gasteiger partial charge in [0.2, 0.25) is 0 Å². The average molecular weight is 279 g/mol. The first-order chi connectivity index (χ1) is 8.17. The first kappa shape index (κ1) is 15.6. The van der Waals surface area contributed by atoms with Crippen LogP contribution in [0.2, 0.25) is 0 Å². The van der Waals surface area contributed by atoms with Crippen LogP contribution in [0.1, 0.15) is 40.0 Å². The Hall–Kier alpha value is -0.420. The summed E-state index contributed by atoms with van der Waals surface area (Å²) >= 11 is 1.35. The number of halogens is 3. The summed E-state index contributed by atoms with van der Waals surface area (Å²) in [5.74, 6) is 0. The topological polar surface area (TPSA) is 12.0 Å². The molecule has 104 valence electrons. The van der Waals surface area contributed by atoms with E-state index in [1.807, 2.05) is 32.9 Å². The third-order valence-corrected chi connectivity index (χ3v) is 3.38. The molecule has 0 aromatic heterocycles. The lowest BCUT2D eigenvalue weighted by atomic mass is 9.98. The number of nitrogens with one attached hydrogen (secondary N) is 1. The monoisotopic (exact) mass is 279 g/mol. The summed E-state index contributed by atoms with van der Waals surface area (Å²) in [5, 5.41) is 0.